The van der Waals surface area contributed by atoms with Gasteiger partial charge < -0.3 is 4.90 Å². The van der Waals surface area contributed by atoms with Gasteiger partial charge in [-0.3, -0.25) is 0 Å². The van der Waals surface area contributed by atoms with Crippen molar-refractivity contribution in [3.8, 4) is 0 Å². The molecule has 0 aromatic rings. The van der Waals surface area contributed by atoms with Gasteiger partial charge in [0.25, 0.3) is 0 Å². The summed E-state index contributed by atoms with van der Waals surface area (Å²) in [4.78, 5) is 2.28. The molecule has 0 rings (SSSR count). The Morgan fingerprint density at radius 2 is 1.46 bits per heavy atom. The van der Waals surface area contributed by atoms with E-state index in [1.807, 2.05) is 0 Å². The molecule has 0 radical (unpaired) electrons. The highest BCUT2D eigenvalue weighted by Gasteiger charge is 2.16. The SMILES string of the molecule is CC(C)=CC=C(C)N(C)C(C)(C)C. The highest BCUT2D eigenvalue weighted by Crippen LogP contribution is 2.16. The normalized spacial score (nSPS) is 12.7. The molecule has 0 spiro atoms. The fourth-order valence-electron chi connectivity index (χ4n) is 0.928. The van der Waals surface area contributed by atoms with E-state index in [9.17, 15) is 0 Å². The summed E-state index contributed by atoms with van der Waals surface area (Å²) < 4.78 is 0. The maximum Gasteiger partial charge on any atom is 0.0311 e. The Bertz CT molecular complexity index is 212. The standard InChI is InChI=1S/C12H23N/c1-10(2)8-9-11(3)13(7)12(4,5)6/h8-9H,1-7H3. The van der Waals surface area contributed by atoms with E-state index in [4.69, 9.17) is 0 Å². The van der Waals surface area contributed by atoms with Crippen LogP contribution in [0.4, 0.5) is 0 Å². The van der Waals surface area contributed by atoms with E-state index >= 15 is 0 Å². The third kappa shape index (κ3) is 4.76. The average Bonchev–Trinajstić information content (AvgIpc) is 1.96. The molecule has 0 saturated heterocycles. The highest BCUT2D eigenvalue weighted by molar-refractivity contribution is 5.14. The first-order chi connectivity index (χ1) is 5.75. The van der Waals surface area contributed by atoms with Gasteiger partial charge in [0, 0.05) is 18.3 Å². The molecule has 0 bridgehead atoms. The van der Waals surface area contributed by atoms with Crippen molar-refractivity contribution >= 4 is 0 Å². The number of rotatable bonds is 2. The zero-order valence-corrected chi connectivity index (χ0v) is 10.1. The number of hydrogen-bond acceptors (Lipinski definition) is 1. The van der Waals surface area contributed by atoms with Gasteiger partial charge in [0.1, 0.15) is 0 Å². The molecule has 0 heterocycles. The van der Waals surface area contributed by atoms with Crippen molar-refractivity contribution in [2.75, 3.05) is 7.05 Å². The lowest BCUT2D eigenvalue weighted by Gasteiger charge is -2.34. The summed E-state index contributed by atoms with van der Waals surface area (Å²) in [6.07, 6.45) is 4.32. The molecule has 0 aromatic carbocycles. The highest BCUT2D eigenvalue weighted by atomic mass is 15.2. The van der Waals surface area contributed by atoms with Gasteiger partial charge in [-0.05, 0) is 47.6 Å². The van der Waals surface area contributed by atoms with E-state index in [0.717, 1.165) is 0 Å². The maximum atomic E-state index is 2.28. The quantitative estimate of drug-likeness (QED) is 0.588. The van der Waals surface area contributed by atoms with E-state index in [1.165, 1.54) is 11.3 Å². The van der Waals surface area contributed by atoms with Gasteiger partial charge in [0.05, 0.1) is 0 Å². The second-order valence-corrected chi connectivity index (χ2v) is 4.78. The lowest BCUT2D eigenvalue weighted by atomic mass is 10.1. The molecule has 0 unspecified atom stereocenters. The first-order valence-corrected chi connectivity index (χ1v) is 4.81. The van der Waals surface area contributed by atoms with E-state index < -0.39 is 0 Å². The number of allylic oxidation sites excluding steroid dienone is 4. The molecule has 0 amide bonds. The van der Waals surface area contributed by atoms with E-state index in [1.54, 1.807) is 0 Å². The third-order valence-electron chi connectivity index (χ3n) is 2.19. The zero-order chi connectivity index (χ0) is 10.6. The molecule has 0 aliphatic heterocycles. The van der Waals surface area contributed by atoms with Crippen LogP contribution in [0.3, 0.4) is 0 Å². The predicted molar refractivity (Wildman–Crippen MR) is 60.7 cm³/mol. The topological polar surface area (TPSA) is 3.24 Å². The second kappa shape index (κ2) is 4.50. The summed E-state index contributed by atoms with van der Waals surface area (Å²) >= 11 is 0. The van der Waals surface area contributed by atoms with Crippen molar-refractivity contribution in [3.63, 3.8) is 0 Å². The molecule has 0 N–H and O–H groups in total. The van der Waals surface area contributed by atoms with Gasteiger partial charge in [-0.25, -0.2) is 0 Å². The van der Waals surface area contributed by atoms with Crippen LogP contribution in [0.25, 0.3) is 0 Å². The van der Waals surface area contributed by atoms with Crippen molar-refractivity contribution in [3.05, 3.63) is 23.4 Å². The lowest BCUT2D eigenvalue weighted by Crippen LogP contribution is -2.36. The Labute approximate surface area is 83.1 Å². The van der Waals surface area contributed by atoms with E-state index in [-0.39, 0.29) is 5.54 Å². The molecule has 0 atom stereocenters. The molecule has 1 nitrogen and oxygen atoms in total. The smallest absolute Gasteiger partial charge is 0.0311 e. The van der Waals surface area contributed by atoms with E-state index in [0.29, 0.717) is 0 Å². The Balaban J connectivity index is 4.52. The van der Waals surface area contributed by atoms with Gasteiger partial charge in [-0.1, -0.05) is 11.6 Å². The molecule has 76 valence electrons. The lowest BCUT2D eigenvalue weighted by molar-refractivity contribution is 0.228. The van der Waals surface area contributed by atoms with Gasteiger partial charge in [0.15, 0.2) is 0 Å². The second-order valence-electron chi connectivity index (χ2n) is 4.78. The molecule has 0 aromatic heterocycles. The van der Waals surface area contributed by atoms with Gasteiger partial charge >= 0.3 is 0 Å². The Morgan fingerprint density at radius 3 is 1.77 bits per heavy atom. The molecule has 1 heteroatoms. The summed E-state index contributed by atoms with van der Waals surface area (Å²) in [6, 6.07) is 0. The first-order valence-electron chi connectivity index (χ1n) is 4.81. The van der Waals surface area contributed by atoms with Crippen LogP contribution in [-0.4, -0.2) is 17.5 Å². The van der Waals surface area contributed by atoms with Crippen LogP contribution in [0.1, 0.15) is 41.5 Å². The van der Waals surface area contributed by atoms with Crippen LogP contribution in [0.2, 0.25) is 0 Å². The largest absolute Gasteiger partial charge is 0.373 e. The van der Waals surface area contributed by atoms with Crippen molar-refractivity contribution in [2.45, 2.75) is 47.1 Å². The molecule has 0 aliphatic rings. The van der Waals surface area contributed by atoms with Crippen molar-refractivity contribution in [1.29, 1.82) is 0 Å². The van der Waals surface area contributed by atoms with Gasteiger partial charge in [-0.2, -0.15) is 0 Å². The van der Waals surface area contributed by atoms with Crippen LogP contribution < -0.4 is 0 Å². The minimum atomic E-state index is 0.204. The molecule has 0 fully saturated rings. The van der Waals surface area contributed by atoms with Gasteiger partial charge in [0.2, 0.25) is 0 Å². The predicted octanol–water partition coefficient (Wildman–Crippen LogP) is 3.59. The van der Waals surface area contributed by atoms with E-state index in [2.05, 4.69) is 65.6 Å². The first kappa shape index (κ1) is 12.3. The Kier molecular flexibility index (Phi) is 4.25. The number of hydrogen-bond donors (Lipinski definition) is 0. The Hall–Kier alpha value is -0.720. The van der Waals surface area contributed by atoms with Crippen LogP contribution in [-0.2, 0) is 0 Å². The maximum absolute atomic E-state index is 2.28. The molecule has 0 saturated carbocycles. The molecule has 0 aliphatic carbocycles. The van der Waals surface area contributed by atoms with Crippen LogP contribution >= 0.6 is 0 Å². The van der Waals surface area contributed by atoms with Crippen molar-refractivity contribution in [2.24, 2.45) is 0 Å². The third-order valence-corrected chi connectivity index (χ3v) is 2.19. The van der Waals surface area contributed by atoms with Crippen molar-refractivity contribution in [1.82, 2.24) is 4.90 Å². The van der Waals surface area contributed by atoms with Crippen LogP contribution in [0.5, 0.6) is 0 Å². The minimum absolute atomic E-state index is 0.204. The summed E-state index contributed by atoms with van der Waals surface area (Å²) in [6.45, 7) is 13.0. The van der Waals surface area contributed by atoms with Gasteiger partial charge in [-0.15, -0.1) is 0 Å². The minimum Gasteiger partial charge on any atom is -0.373 e. The Morgan fingerprint density at radius 1 is 1.00 bits per heavy atom. The fraction of sp³-hybridized carbons (Fsp3) is 0.667. The summed E-state index contributed by atoms with van der Waals surface area (Å²) in [7, 11) is 2.13. The summed E-state index contributed by atoms with van der Waals surface area (Å²) in [5.41, 5.74) is 2.84. The molecular weight excluding hydrogens is 158 g/mol. The molecular formula is C12H23N. The fourth-order valence-corrected chi connectivity index (χ4v) is 0.928. The van der Waals surface area contributed by atoms with Crippen molar-refractivity contribution < 1.29 is 0 Å². The monoisotopic (exact) mass is 181 g/mol. The summed E-state index contributed by atoms with van der Waals surface area (Å²) in [5.74, 6) is 0. The number of nitrogens with zero attached hydrogens (tertiary/aromatic N) is 1. The van der Waals surface area contributed by atoms with Crippen LogP contribution in [0, 0.1) is 0 Å². The molecule has 13 heavy (non-hydrogen) atoms. The zero-order valence-electron chi connectivity index (χ0n) is 10.1. The summed E-state index contributed by atoms with van der Waals surface area (Å²) in [5, 5.41) is 0. The average molecular weight is 181 g/mol. The van der Waals surface area contributed by atoms with Crippen LogP contribution in [0.15, 0.2) is 23.4 Å².